The van der Waals surface area contributed by atoms with Crippen molar-refractivity contribution in [3.05, 3.63) is 90.1 Å². The predicted molar refractivity (Wildman–Crippen MR) is 287 cm³/mol. The number of esters is 2. The third-order valence-corrected chi connectivity index (χ3v) is 13.8. The molecule has 6 aromatic rings. The second-order valence-electron chi connectivity index (χ2n) is 15.3. The lowest BCUT2D eigenvalue weighted by Crippen LogP contribution is -2.32. The van der Waals surface area contributed by atoms with E-state index in [2.05, 4.69) is 50.7 Å². The number of aryl methyl sites for hydroxylation is 2. The molecule has 2 amide bonds. The van der Waals surface area contributed by atoms with Crippen LogP contribution in [0.4, 0.5) is 11.6 Å². The summed E-state index contributed by atoms with van der Waals surface area (Å²) < 4.78 is 73.8. The number of nitrogens with zero attached hydrogens (tertiary/aromatic N) is 3. The summed E-state index contributed by atoms with van der Waals surface area (Å²) in [6.45, 7) is 4.07. The average molecular weight is 1280 g/mol. The van der Waals surface area contributed by atoms with E-state index in [1.54, 1.807) is 12.1 Å². The van der Waals surface area contributed by atoms with E-state index in [1.807, 2.05) is 108 Å². The van der Waals surface area contributed by atoms with Gasteiger partial charge in [-0.25, -0.2) is 16.8 Å². The van der Waals surface area contributed by atoms with Crippen LogP contribution in [0.15, 0.2) is 69.5 Å². The molecule has 0 spiro atoms. The molecule has 18 nitrogen and oxygen atoms in total. The second kappa shape index (κ2) is 25.8. The first-order valence-corrected chi connectivity index (χ1v) is 28.1. The average Bonchev–Trinajstić information content (AvgIpc) is 3.86. The quantitative estimate of drug-likeness (QED) is 0.0335. The number of benzene rings is 2. The van der Waals surface area contributed by atoms with Gasteiger partial charge in [0.05, 0.1) is 55.8 Å². The topological polar surface area (TPSA) is 246 Å². The van der Waals surface area contributed by atoms with Crippen molar-refractivity contribution >= 4 is 139 Å². The van der Waals surface area contributed by atoms with Gasteiger partial charge in [0.25, 0.3) is 11.8 Å². The summed E-state index contributed by atoms with van der Waals surface area (Å²) in [5.74, 6) is 0.0210. The van der Waals surface area contributed by atoms with Crippen molar-refractivity contribution in [2.45, 2.75) is 52.4 Å². The number of hydrogen-bond acceptors (Lipinski definition) is 14. The molecule has 0 bridgehead atoms. The second-order valence-corrected chi connectivity index (χ2v) is 22.1. The van der Waals surface area contributed by atoms with E-state index in [4.69, 9.17) is 8.83 Å². The number of unbranched alkanes of at least 4 members (excludes halogenated alkanes) is 2. The maximum Gasteiger partial charge on any atom is 0.305 e. The van der Waals surface area contributed by atoms with Gasteiger partial charge in [-0.15, -0.1) is 0 Å². The Bertz CT molecular complexity index is 3020. The molecule has 23 heteroatoms. The molecule has 3 N–H and O–H groups in total. The first-order valence-electron chi connectivity index (χ1n) is 21.1. The van der Waals surface area contributed by atoms with Crippen LogP contribution in [-0.4, -0.2) is 103 Å². The number of nitrogens with one attached hydrogen (secondary N) is 3. The van der Waals surface area contributed by atoms with E-state index in [9.17, 15) is 36.0 Å². The molecule has 0 aliphatic rings. The Hall–Kier alpha value is -4.86. The molecule has 4 aromatic heterocycles. The summed E-state index contributed by atoms with van der Waals surface area (Å²) in [4.78, 5) is 55.8. The number of hydrogen-bond donors (Lipinski definition) is 3. The van der Waals surface area contributed by atoms with Crippen LogP contribution in [0.1, 0.15) is 70.4 Å². The summed E-state index contributed by atoms with van der Waals surface area (Å²) in [5.41, 5.74) is 4.64. The molecule has 69 heavy (non-hydrogen) atoms. The van der Waals surface area contributed by atoms with Gasteiger partial charge < -0.3 is 28.9 Å². The van der Waals surface area contributed by atoms with E-state index in [-0.39, 0.29) is 59.8 Å². The fourth-order valence-corrected chi connectivity index (χ4v) is 9.90. The molecule has 0 saturated heterocycles. The highest BCUT2D eigenvalue weighted by molar-refractivity contribution is 14.1. The first kappa shape index (κ1) is 56.7. The van der Waals surface area contributed by atoms with E-state index >= 15 is 0 Å². The van der Waals surface area contributed by atoms with Crippen LogP contribution in [0, 0.1) is 21.0 Å². The summed E-state index contributed by atoms with van der Waals surface area (Å²) in [7, 11) is -1.35. The Balaban J connectivity index is 0.000000261. The first-order chi connectivity index (χ1) is 32.6. The van der Waals surface area contributed by atoms with Crippen LogP contribution in [0.3, 0.4) is 0 Å². The molecule has 0 radical (unpaired) electrons. The number of carbonyl (C=O) groups excluding carboxylic acids is 4. The predicted octanol–water partition coefficient (Wildman–Crippen LogP) is 8.74. The zero-order valence-electron chi connectivity index (χ0n) is 39.1. The molecule has 372 valence electrons. The Morgan fingerprint density at radius 1 is 0.681 bits per heavy atom. The molecule has 6 rings (SSSR count). The van der Waals surface area contributed by atoms with Crippen molar-refractivity contribution in [3.8, 4) is 22.6 Å². The molecule has 0 fully saturated rings. The van der Waals surface area contributed by atoms with Crippen molar-refractivity contribution in [2.24, 2.45) is 0 Å². The van der Waals surface area contributed by atoms with Gasteiger partial charge in [-0.2, -0.15) is 9.97 Å². The van der Waals surface area contributed by atoms with Crippen molar-refractivity contribution in [1.82, 2.24) is 20.6 Å². The summed E-state index contributed by atoms with van der Waals surface area (Å²) >= 11 is 7.24. The van der Waals surface area contributed by atoms with Crippen LogP contribution >= 0.6 is 61.1 Å². The Labute approximate surface area is 436 Å². The number of furan rings is 2. The monoisotopic (exact) mass is 1280 g/mol. The molecular weight excluding hydrogens is 1230 g/mol. The minimum atomic E-state index is -3.67. The largest absolute Gasteiger partial charge is 0.469 e. The smallest absolute Gasteiger partial charge is 0.305 e. The molecule has 0 saturated carbocycles. The van der Waals surface area contributed by atoms with E-state index in [0.717, 1.165) is 47.4 Å². The fourth-order valence-electron chi connectivity index (χ4n) is 6.45. The molecule has 0 aliphatic heterocycles. The maximum atomic E-state index is 12.7. The van der Waals surface area contributed by atoms with E-state index in [1.165, 1.54) is 32.6 Å². The number of fused-ring (bicyclic) bond motifs is 2. The summed E-state index contributed by atoms with van der Waals surface area (Å²) in [6.07, 6.45) is 5.75. The maximum absolute atomic E-state index is 12.7. The lowest BCUT2D eigenvalue weighted by atomic mass is 10.0. The molecular formula is C46H53BrI2N6O12S2. The minimum Gasteiger partial charge on any atom is -0.469 e. The molecule has 0 unspecified atom stereocenters. The number of methoxy groups -OCH3 is 2. The Morgan fingerprint density at radius 3 is 1.52 bits per heavy atom. The van der Waals surface area contributed by atoms with Gasteiger partial charge in [0.15, 0.2) is 11.6 Å². The van der Waals surface area contributed by atoms with Crippen molar-refractivity contribution in [2.75, 3.05) is 61.7 Å². The standard InChI is InChI=1S/C23H26IN3O6S.C17H16IN3O4S.C6H11BrO2/c1-14-8-10-15(11-9-14)20-19(22(29)25-2)16-13-17(24)21(26-23(16)33-20)27(34(4,30)31)12-6-5-7-18(28)32-3;1-9-4-6-10(7-5-9)14-13(16(22)19-2)11-8-12(18)15(20-17(11)25-14)21-26(3,23)24;1-9-6(8)4-2-3-5-7/h8-11,13H,5-7,12H2,1-4H3,(H,25,29);4-8H,1-3H3,(H,19,22)(H,20,21);2-5H2,1H3. The van der Waals surface area contributed by atoms with Crippen molar-refractivity contribution in [3.63, 3.8) is 0 Å². The number of sulfonamides is 2. The fraction of sp³-hybridized carbons (Fsp3) is 0.348. The highest BCUT2D eigenvalue weighted by Gasteiger charge is 2.28. The van der Waals surface area contributed by atoms with Crippen LogP contribution in [0.5, 0.6) is 0 Å². The highest BCUT2D eigenvalue weighted by Crippen LogP contribution is 2.38. The molecule has 2 aromatic carbocycles. The van der Waals surface area contributed by atoms with Gasteiger partial charge in [0, 0.05) is 49.9 Å². The molecule has 0 aliphatic carbocycles. The SMILES string of the molecule is CNC(=O)c1c(-c2ccc(C)cc2)oc2nc(N(CCCCC(=O)OC)S(C)(=O)=O)c(I)cc12.CNC(=O)c1c(-c2ccc(C)cc2)oc2nc(NS(C)(=O)=O)c(I)cc12.COC(=O)CCCCBr. The third-order valence-electron chi connectivity index (χ3n) is 9.92. The number of anilines is 2. The number of alkyl halides is 1. The Morgan fingerprint density at radius 2 is 1.12 bits per heavy atom. The number of ether oxygens (including phenoxy) is 2. The third kappa shape index (κ3) is 15.8. The van der Waals surface area contributed by atoms with Crippen molar-refractivity contribution < 1.29 is 54.3 Å². The normalized spacial score (nSPS) is 11.2. The van der Waals surface area contributed by atoms with Gasteiger partial charge in [0.1, 0.15) is 11.5 Å². The van der Waals surface area contributed by atoms with E-state index in [0.29, 0.717) is 65.4 Å². The van der Waals surface area contributed by atoms with Gasteiger partial charge in [-0.05, 0) is 96.8 Å². The van der Waals surface area contributed by atoms with Crippen LogP contribution in [0.25, 0.3) is 44.8 Å². The zero-order valence-corrected chi connectivity index (χ0v) is 46.7. The van der Waals surface area contributed by atoms with Gasteiger partial charge in [-0.1, -0.05) is 75.6 Å². The lowest BCUT2D eigenvalue weighted by Gasteiger charge is -2.22. The number of rotatable bonds is 17. The number of pyridine rings is 2. The molecule has 0 atom stereocenters. The van der Waals surface area contributed by atoms with Gasteiger partial charge in [-0.3, -0.25) is 28.2 Å². The zero-order chi connectivity index (χ0) is 51.2. The number of carbonyl (C=O) groups is 4. The molecule has 4 heterocycles. The number of halogens is 3. The van der Waals surface area contributed by atoms with Gasteiger partial charge in [0.2, 0.25) is 31.5 Å². The van der Waals surface area contributed by atoms with Gasteiger partial charge >= 0.3 is 11.9 Å². The number of amides is 2. The van der Waals surface area contributed by atoms with Crippen molar-refractivity contribution in [1.29, 1.82) is 0 Å². The van der Waals surface area contributed by atoms with Crippen LogP contribution in [0.2, 0.25) is 0 Å². The number of aromatic nitrogens is 2. The summed E-state index contributed by atoms with van der Waals surface area (Å²) in [6, 6.07) is 18.5. The van der Waals surface area contributed by atoms with Crippen LogP contribution < -0.4 is 19.7 Å². The minimum absolute atomic E-state index is 0.115. The Kier molecular flexibility index (Phi) is 21.2. The van der Waals surface area contributed by atoms with Crippen LogP contribution in [-0.2, 0) is 39.1 Å². The van der Waals surface area contributed by atoms with E-state index < -0.39 is 20.0 Å². The summed E-state index contributed by atoms with van der Waals surface area (Å²) in [5, 5.41) is 7.22. The highest BCUT2D eigenvalue weighted by atomic mass is 127. The lowest BCUT2D eigenvalue weighted by molar-refractivity contribution is -0.141.